The van der Waals surface area contributed by atoms with Gasteiger partial charge in [0.1, 0.15) is 0 Å². The second-order valence-corrected chi connectivity index (χ2v) is 8.73. The molecule has 0 bridgehead atoms. The fourth-order valence-corrected chi connectivity index (χ4v) is 4.70. The summed E-state index contributed by atoms with van der Waals surface area (Å²) in [6.07, 6.45) is 2.73. The number of halogens is 1. The van der Waals surface area contributed by atoms with Crippen LogP contribution in [0.25, 0.3) is 10.2 Å². The second-order valence-electron chi connectivity index (χ2n) is 7.72. The van der Waals surface area contributed by atoms with Crippen LogP contribution in [0.15, 0.2) is 24.4 Å². The van der Waals surface area contributed by atoms with Crippen molar-refractivity contribution in [3.8, 4) is 0 Å². The minimum atomic E-state index is -0.0864. The minimum Gasteiger partial charge on any atom is -0.379 e. The van der Waals surface area contributed by atoms with Gasteiger partial charge in [0.05, 0.1) is 23.4 Å². The molecule has 4 rings (SSSR count). The first kappa shape index (κ1) is 23.7. The standard InChI is InChI=1S/C22H29N5O2S.ClH/c1-4-26-9-6-18(24-26)21(28)27(8-5-7-25-10-12-29-13-11-25)22-23-19-14-16(2)17(3)15-20(19)30-22;/h6,9,14-15H,4-5,7-8,10-13H2,1-3H3;1H. The first-order chi connectivity index (χ1) is 14.5. The van der Waals surface area contributed by atoms with Crippen LogP contribution >= 0.6 is 23.7 Å². The maximum absolute atomic E-state index is 13.4. The molecule has 1 saturated heterocycles. The molecule has 0 spiro atoms. The number of fused-ring (bicyclic) bond motifs is 1. The van der Waals surface area contributed by atoms with Crippen molar-refractivity contribution in [1.82, 2.24) is 19.7 Å². The summed E-state index contributed by atoms with van der Waals surface area (Å²) in [4.78, 5) is 22.4. The number of morpholine rings is 1. The third-order valence-corrected chi connectivity index (χ3v) is 6.65. The van der Waals surface area contributed by atoms with Gasteiger partial charge in [-0.3, -0.25) is 19.3 Å². The number of carbonyl (C=O) groups is 1. The van der Waals surface area contributed by atoms with Crippen LogP contribution in [0.4, 0.5) is 5.13 Å². The van der Waals surface area contributed by atoms with Crippen molar-refractivity contribution in [2.45, 2.75) is 33.7 Å². The number of hydrogen-bond acceptors (Lipinski definition) is 6. The molecule has 0 unspecified atom stereocenters. The Bertz CT molecular complexity index is 989. The lowest BCUT2D eigenvalue weighted by Crippen LogP contribution is -2.39. The van der Waals surface area contributed by atoms with E-state index in [1.807, 2.05) is 13.1 Å². The number of ether oxygens (including phenoxy) is 1. The molecule has 1 aromatic carbocycles. The van der Waals surface area contributed by atoms with Gasteiger partial charge in [-0.15, -0.1) is 12.4 Å². The van der Waals surface area contributed by atoms with Gasteiger partial charge in [-0.1, -0.05) is 11.3 Å². The first-order valence-electron chi connectivity index (χ1n) is 10.6. The quantitative estimate of drug-likeness (QED) is 0.531. The number of nitrogens with zero attached hydrogens (tertiary/aromatic N) is 5. The predicted molar refractivity (Wildman–Crippen MR) is 128 cm³/mol. The molecule has 7 nitrogen and oxygen atoms in total. The molecular formula is C22H30ClN5O2S. The lowest BCUT2D eigenvalue weighted by Gasteiger charge is -2.27. The molecule has 0 radical (unpaired) electrons. The van der Waals surface area contributed by atoms with E-state index in [2.05, 4.69) is 36.0 Å². The number of hydrogen-bond donors (Lipinski definition) is 0. The molecule has 1 aliphatic heterocycles. The zero-order valence-corrected chi connectivity index (χ0v) is 20.0. The molecule has 168 valence electrons. The van der Waals surface area contributed by atoms with Crippen LogP contribution in [0.2, 0.25) is 0 Å². The Kier molecular flexibility index (Phi) is 8.05. The van der Waals surface area contributed by atoms with E-state index in [-0.39, 0.29) is 18.3 Å². The monoisotopic (exact) mass is 463 g/mol. The highest BCUT2D eigenvalue weighted by Gasteiger charge is 2.24. The van der Waals surface area contributed by atoms with Crippen LogP contribution in [0.1, 0.15) is 35.0 Å². The number of aromatic nitrogens is 3. The number of rotatable bonds is 7. The maximum Gasteiger partial charge on any atom is 0.280 e. The highest BCUT2D eigenvalue weighted by atomic mass is 35.5. The van der Waals surface area contributed by atoms with Gasteiger partial charge in [0, 0.05) is 38.9 Å². The molecule has 1 fully saturated rings. The molecule has 9 heteroatoms. The molecule has 31 heavy (non-hydrogen) atoms. The van der Waals surface area contributed by atoms with Crippen LogP contribution < -0.4 is 4.90 Å². The lowest BCUT2D eigenvalue weighted by molar-refractivity contribution is 0.0376. The van der Waals surface area contributed by atoms with E-state index in [1.165, 1.54) is 11.1 Å². The summed E-state index contributed by atoms with van der Waals surface area (Å²) in [5.74, 6) is -0.0864. The average molecular weight is 464 g/mol. The van der Waals surface area contributed by atoms with E-state index < -0.39 is 0 Å². The van der Waals surface area contributed by atoms with Crippen LogP contribution in [0, 0.1) is 13.8 Å². The van der Waals surface area contributed by atoms with Gasteiger partial charge < -0.3 is 4.74 Å². The molecule has 3 aromatic rings. The zero-order chi connectivity index (χ0) is 21.1. The van der Waals surface area contributed by atoms with Crippen molar-refractivity contribution in [2.75, 3.05) is 44.3 Å². The van der Waals surface area contributed by atoms with Crippen LogP contribution in [-0.2, 0) is 11.3 Å². The van der Waals surface area contributed by atoms with Crippen LogP contribution in [0.5, 0.6) is 0 Å². The normalized spacial score (nSPS) is 14.5. The number of aryl methyl sites for hydroxylation is 3. The van der Waals surface area contributed by atoms with Gasteiger partial charge in [0.25, 0.3) is 5.91 Å². The van der Waals surface area contributed by atoms with Crippen LogP contribution in [-0.4, -0.2) is 65.0 Å². The van der Waals surface area contributed by atoms with Crippen molar-refractivity contribution >= 4 is 45.0 Å². The average Bonchev–Trinajstić information content (AvgIpc) is 3.39. The van der Waals surface area contributed by atoms with Gasteiger partial charge in [-0.25, -0.2) is 4.98 Å². The molecule has 0 atom stereocenters. The van der Waals surface area contributed by atoms with Crippen molar-refractivity contribution in [2.24, 2.45) is 0 Å². The Hall–Kier alpha value is -2.00. The summed E-state index contributed by atoms with van der Waals surface area (Å²) >= 11 is 1.58. The summed E-state index contributed by atoms with van der Waals surface area (Å²) in [5.41, 5.74) is 3.87. The van der Waals surface area contributed by atoms with E-state index in [4.69, 9.17) is 9.72 Å². The number of benzene rings is 1. The van der Waals surface area contributed by atoms with Crippen LogP contribution in [0.3, 0.4) is 0 Å². The third kappa shape index (κ3) is 5.44. The Balaban J connectivity index is 0.00000272. The summed E-state index contributed by atoms with van der Waals surface area (Å²) in [7, 11) is 0. The van der Waals surface area contributed by atoms with E-state index in [0.29, 0.717) is 12.2 Å². The molecule has 1 amide bonds. The highest BCUT2D eigenvalue weighted by Crippen LogP contribution is 2.31. The van der Waals surface area contributed by atoms with Gasteiger partial charge >= 0.3 is 0 Å². The summed E-state index contributed by atoms with van der Waals surface area (Å²) in [6, 6.07) is 6.06. The molecule has 1 aliphatic rings. The van der Waals surface area contributed by atoms with Crippen molar-refractivity contribution < 1.29 is 9.53 Å². The van der Waals surface area contributed by atoms with Crippen molar-refractivity contribution in [1.29, 1.82) is 0 Å². The SMILES string of the molecule is CCn1ccc(C(=O)N(CCCN2CCOCC2)c2nc3cc(C)c(C)cc3s2)n1.Cl. The van der Waals surface area contributed by atoms with Gasteiger partial charge in [-0.05, 0) is 56.5 Å². The molecule has 0 N–H and O–H groups in total. The molecule has 0 aliphatic carbocycles. The molecular weight excluding hydrogens is 434 g/mol. The van der Waals surface area contributed by atoms with E-state index in [9.17, 15) is 4.79 Å². The number of carbonyl (C=O) groups excluding carboxylic acids is 1. The largest absolute Gasteiger partial charge is 0.379 e. The Labute approximate surface area is 193 Å². The lowest BCUT2D eigenvalue weighted by atomic mass is 10.1. The van der Waals surface area contributed by atoms with Gasteiger partial charge in [0.15, 0.2) is 10.8 Å². The number of amides is 1. The summed E-state index contributed by atoms with van der Waals surface area (Å²) in [6.45, 7) is 12.0. The Morgan fingerprint density at radius 1 is 1.23 bits per heavy atom. The van der Waals surface area contributed by atoms with Crippen molar-refractivity contribution in [3.63, 3.8) is 0 Å². The summed E-state index contributed by atoms with van der Waals surface area (Å²) in [5, 5.41) is 5.17. The zero-order valence-electron chi connectivity index (χ0n) is 18.3. The fourth-order valence-electron chi connectivity index (χ4n) is 3.63. The Morgan fingerprint density at radius 2 is 1.97 bits per heavy atom. The molecule has 0 saturated carbocycles. The van der Waals surface area contributed by atoms with Crippen molar-refractivity contribution in [3.05, 3.63) is 41.2 Å². The highest BCUT2D eigenvalue weighted by molar-refractivity contribution is 7.22. The first-order valence-corrected chi connectivity index (χ1v) is 11.4. The number of anilines is 1. The smallest absolute Gasteiger partial charge is 0.280 e. The fraction of sp³-hybridized carbons (Fsp3) is 0.500. The molecule has 2 aromatic heterocycles. The minimum absolute atomic E-state index is 0. The Morgan fingerprint density at radius 3 is 2.68 bits per heavy atom. The topological polar surface area (TPSA) is 63.5 Å². The van der Waals surface area contributed by atoms with E-state index in [1.54, 1.807) is 27.0 Å². The van der Waals surface area contributed by atoms with Gasteiger partial charge in [-0.2, -0.15) is 5.10 Å². The molecule has 3 heterocycles. The van der Waals surface area contributed by atoms with Gasteiger partial charge in [0.2, 0.25) is 0 Å². The second kappa shape index (κ2) is 10.5. The van der Waals surface area contributed by atoms with E-state index in [0.717, 1.165) is 61.2 Å². The van der Waals surface area contributed by atoms with E-state index >= 15 is 0 Å². The number of thiazole rings is 1. The third-order valence-electron chi connectivity index (χ3n) is 5.61. The predicted octanol–water partition coefficient (Wildman–Crippen LogP) is 3.92. The summed E-state index contributed by atoms with van der Waals surface area (Å²) < 4.78 is 8.32. The maximum atomic E-state index is 13.4.